The Kier molecular flexibility index (Phi) is 5.54. The van der Waals surface area contributed by atoms with Crippen LogP contribution in [-0.4, -0.2) is 49.6 Å². The molecule has 1 aromatic heterocycles. The maximum absolute atomic E-state index is 13.8. The Hall–Kier alpha value is -4.21. The number of nitrogens with zero attached hydrogens (tertiary/aromatic N) is 1. The highest BCUT2D eigenvalue weighted by atomic mass is 16.7. The van der Waals surface area contributed by atoms with Gasteiger partial charge in [0.1, 0.15) is 5.60 Å². The Labute approximate surface area is 206 Å². The summed E-state index contributed by atoms with van der Waals surface area (Å²) in [7, 11) is 2.96. The summed E-state index contributed by atoms with van der Waals surface area (Å²) in [4.78, 5) is 39.6. The molecular weight excluding hydrogens is 468 g/mol. The molecule has 0 radical (unpaired) electrons. The van der Waals surface area contributed by atoms with Crippen LogP contribution >= 0.6 is 0 Å². The molecule has 0 saturated heterocycles. The van der Waals surface area contributed by atoms with E-state index in [1.807, 2.05) is 0 Å². The van der Waals surface area contributed by atoms with E-state index in [9.17, 15) is 14.4 Å². The van der Waals surface area contributed by atoms with Crippen molar-refractivity contribution >= 4 is 22.6 Å². The summed E-state index contributed by atoms with van der Waals surface area (Å²) in [5.41, 5.74) is 0.781. The Bertz CT molecular complexity index is 1480. The number of pyridine rings is 1. The van der Waals surface area contributed by atoms with Crippen molar-refractivity contribution in [3.63, 3.8) is 0 Å². The highest BCUT2D eigenvalue weighted by molar-refractivity contribution is 6.27. The Balaban J connectivity index is 1.68. The molecule has 1 amide bonds. The molecule has 0 spiro atoms. The summed E-state index contributed by atoms with van der Waals surface area (Å²) in [5, 5.41) is 3.42. The first kappa shape index (κ1) is 23.5. The number of aromatic nitrogens is 1. The molecule has 5 rings (SSSR count). The van der Waals surface area contributed by atoms with Gasteiger partial charge in [0.2, 0.25) is 6.79 Å². The van der Waals surface area contributed by atoms with Gasteiger partial charge in [-0.05, 0) is 45.0 Å². The standard InChI is InChI=1S/C26H26N2O8/c1-26(2,3)36-25(31)27-6-7-28-22-14-9-19-20(35-12-34-19)10-15(14)23(29)21(22)13-8-17(32-4)18(33-5)11-16(13)24(28)30/h8-11H,6-7,12H2,1-5H3,(H,27,31). The molecule has 2 aliphatic rings. The SMILES string of the molecule is COc1cc2c3c(n(CCNC(=O)OC(C)(C)C)c(=O)c2cc1OC)-c1cc2c(cc1C3=O)OCO2. The third-order valence-electron chi connectivity index (χ3n) is 6.02. The van der Waals surface area contributed by atoms with Crippen LogP contribution in [0.5, 0.6) is 23.0 Å². The number of ether oxygens (including phenoxy) is 5. The lowest BCUT2D eigenvalue weighted by Gasteiger charge is -2.20. The number of fused-ring (bicyclic) bond motifs is 6. The molecule has 1 aliphatic heterocycles. The third kappa shape index (κ3) is 3.78. The van der Waals surface area contributed by atoms with Crippen molar-refractivity contribution in [3.05, 3.63) is 45.7 Å². The van der Waals surface area contributed by atoms with Gasteiger partial charge in [-0.3, -0.25) is 9.59 Å². The molecule has 0 bridgehead atoms. The summed E-state index contributed by atoms with van der Waals surface area (Å²) in [6.07, 6.45) is -0.598. The Morgan fingerprint density at radius 3 is 2.19 bits per heavy atom. The molecular formula is C26H26N2O8. The van der Waals surface area contributed by atoms with Gasteiger partial charge in [-0.15, -0.1) is 0 Å². The Morgan fingerprint density at radius 2 is 1.58 bits per heavy atom. The van der Waals surface area contributed by atoms with Crippen molar-refractivity contribution in [1.29, 1.82) is 0 Å². The second-order valence-electron chi connectivity index (χ2n) is 9.44. The molecule has 3 aromatic rings. The first-order valence-electron chi connectivity index (χ1n) is 11.4. The van der Waals surface area contributed by atoms with Crippen LogP contribution in [0.25, 0.3) is 22.0 Å². The van der Waals surface area contributed by atoms with E-state index in [2.05, 4.69) is 5.32 Å². The number of methoxy groups -OCH3 is 2. The van der Waals surface area contributed by atoms with Gasteiger partial charge in [0.15, 0.2) is 28.8 Å². The minimum atomic E-state index is -0.658. The van der Waals surface area contributed by atoms with Crippen LogP contribution in [0.1, 0.15) is 36.7 Å². The second-order valence-corrected chi connectivity index (χ2v) is 9.44. The number of benzene rings is 2. The smallest absolute Gasteiger partial charge is 0.407 e. The van der Waals surface area contributed by atoms with Gasteiger partial charge >= 0.3 is 6.09 Å². The number of carbonyl (C=O) groups is 2. The number of carbonyl (C=O) groups excluding carboxylic acids is 2. The quantitative estimate of drug-likeness (QED) is 0.449. The highest BCUT2D eigenvalue weighted by Crippen LogP contribution is 2.46. The van der Waals surface area contributed by atoms with Crippen molar-refractivity contribution < 1.29 is 33.3 Å². The van der Waals surface area contributed by atoms with E-state index < -0.39 is 11.7 Å². The van der Waals surface area contributed by atoms with Crippen molar-refractivity contribution in [1.82, 2.24) is 9.88 Å². The van der Waals surface area contributed by atoms with Crippen molar-refractivity contribution in [3.8, 4) is 34.3 Å². The summed E-state index contributed by atoms with van der Waals surface area (Å²) >= 11 is 0. The maximum atomic E-state index is 13.8. The number of hydrogen-bond acceptors (Lipinski definition) is 8. The van der Waals surface area contributed by atoms with Crippen LogP contribution in [0.3, 0.4) is 0 Å². The molecule has 0 unspecified atom stereocenters. The molecule has 2 aromatic carbocycles. The van der Waals surface area contributed by atoms with E-state index in [0.29, 0.717) is 56.2 Å². The first-order valence-corrected chi connectivity index (χ1v) is 11.4. The van der Waals surface area contributed by atoms with E-state index in [0.717, 1.165) is 0 Å². The van der Waals surface area contributed by atoms with Crippen molar-refractivity contribution in [2.75, 3.05) is 27.6 Å². The molecule has 0 fully saturated rings. The monoisotopic (exact) mass is 494 g/mol. The lowest BCUT2D eigenvalue weighted by atomic mass is 10.0. The molecule has 10 heteroatoms. The predicted molar refractivity (Wildman–Crippen MR) is 131 cm³/mol. The van der Waals surface area contributed by atoms with E-state index in [1.165, 1.54) is 18.8 Å². The number of rotatable bonds is 5. The van der Waals surface area contributed by atoms with Crippen LogP contribution < -0.4 is 29.8 Å². The molecule has 0 atom stereocenters. The van der Waals surface area contributed by atoms with Gasteiger partial charge in [0.05, 0.1) is 30.9 Å². The van der Waals surface area contributed by atoms with Crippen molar-refractivity contribution in [2.24, 2.45) is 0 Å². The van der Waals surface area contributed by atoms with Gasteiger partial charge < -0.3 is 33.6 Å². The number of hydrogen-bond donors (Lipinski definition) is 1. The van der Waals surface area contributed by atoms with Crippen LogP contribution in [0.15, 0.2) is 29.1 Å². The molecule has 1 N–H and O–H groups in total. The minimum absolute atomic E-state index is 0.0562. The summed E-state index contributed by atoms with van der Waals surface area (Å²) in [5.74, 6) is 1.48. The molecule has 36 heavy (non-hydrogen) atoms. The second kappa shape index (κ2) is 8.47. The van der Waals surface area contributed by atoms with E-state index in [4.69, 9.17) is 23.7 Å². The fraction of sp³-hybridized carbons (Fsp3) is 0.346. The number of ketones is 1. The fourth-order valence-corrected chi connectivity index (χ4v) is 4.54. The van der Waals surface area contributed by atoms with Crippen LogP contribution in [0.2, 0.25) is 0 Å². The first-order chi connectivity index (χ1) is 17.1. The largest absolute Gasteiger partial charge is 0.493 e. The van der Waals surface area contributed by atoms with Crippen LogP contribution in [-0.2, 0) is 11.3 Å². The lowest BCUT2D eigenvalue weighted by Crippen LogP contribution is -2.36. The van der Waals surface area contributed by atoms with E-state index in [1.54, 1.807) is 45.0 Å². The van der Waals surface area contributed by atoms with E-state index >= 15 is 0 Å². The van der Waals surface area contributed by atoms with Gasteiger partial charge in [-0.2, -0.15) is 0 Å². The van der Waals surface area contributed by atoms with Gasteiger partial charge in [-0.1, -0.05) is 0 Å². The van der Waals surface area contributed by atoms with E-state index in [-0.39, 0.29) is 31.2 Å². The average molecular weight is 495 g/mol. The molecule has 188 valence electrons. The van der Waals surface area contributed by atoms with Gasteiger partial charge in [0.25, 0.3) is 5.56 Å². The van der Waals surface area contributed by atoms with Gasteiger partial charge in [0, 0.05) is 29.6 Å². The number of nitrogens with one attached hydrogen (secondary N) is 1. The van der Waals surface area contributed by atoms with Crippen molar-refractivity contribution in [2.45, 2.75) is 32.9 Å². The molecule has 2 heterocycles. The third-order valence-corrected chi connectivity index (χ3v) is 6.02. The normalized spacial score (nSPS) is 13.4. The highest BCUT2D eigenvalue weighted by Gasteiger charge is 2.35. The molecule has 0 saturated carbocycles. The minimum Gasteiger partial charge on any atom is -0.493 e. The summed E-state index contributed by atoms with van der Waals surface area (Å²) in [6, 6.07) is 6.56. The Morgan fingerprint density at radius 1 is 0.972 bits per heavy atom. The van der Waals surface area contributed by atoms with Crippen LogP contribution in [0.4, 0.5) is 4.79 Å². The number of alkyl carbamates (subject to hydrolysis) is 1. The van der Waals surface area contributed by atoms with Crippen LogP contribution in [0, 0.1) is 0 Å². The lowest BCUT2D eigenvalue weighted by molar-refractivity contribution is 0.0525. The molecule has 10 nitrogen and oxygen atoms in total. The number of amides is 1. The maximum Gasteiger partial charge on any atom is 0.407 e. The fourth-order valence-electron chi connectivity index (χ4n) is 4.54. The van der Waals surface area contributed by atoms with Gasteiger partial charge in [-0.25, -0.2) is 4.79 Å². The summed E-state index contributed by atoms with van der Waals surface area (Å²) < 4.78 is 28.6. The average Bonchev–Trinajstić information content (AvgIpc) is 3.40. The topological polar surface area (TPSA) is 114 Å². The summed E-state index contributed by atoms with van der Waals surface area (Å²) in [6.45, 7) is 5.56. The molecule has 1 aliphatic carbocycles. The zero-order chi connectivity index (χ0) is 25.8. The zero-order valence-corrected chi connectivity index (χ0v) is 20.6. The predicted octanol–water partition coefficient (Wildman–Crippen LogP) is 3.48. The zero-order valence-electron chi connectivity index (χ0n) is 20.6.